The van der Waals surface area contributed by atoms with Crippen LogP contribution in [0.4, 0.5) is 0 Å². The molecule has 8 atom stereocenters. The van der Waals surface area contributed by atoms with Crippen molar-refractivity contribution in [1.82, 2.24) is 5.32 Å². The molecule has 2 unspecified atom stereocenters. The van der Waals surface area contributed by atoms with Gasteiger partial charge in [0.25, 0.3) is 0 Å². The molecular formula is C29H40N2O8. The number of primary amides is 1. The van der Waals surface area contributed by atoms with E-state index in [1.54, 1.807) is 26.8 Å². The molecule has 2 fully saturated rings. The van der Waals surface area contributed by atoms with Gasteiger partial charge in [0.15, 0.2) is 17.2 Å². The molecular weight excluding hydrogens is 504 g/mol. The van der Waals surface area contributed by atoms with E-state index in [9.17, 15) is 39.6 Å². The fraction of sp³-hybridized carbons (Fsp3) is 0.655. The molecule has 0 spiro atoms. The van der Waals surface area contributed by atoms with Gasteiger partial charge in [0.2, 0.25) is 11.8 Å². The molecule has 0 bridgehead atoms. The van der Waals surface area contributed by atoms with Crippen LogP contribution in [0.5, 0.6) is 5.75 Å². The first-order chi connectivity index (χ1) is 18.0. The van der Waals surface area contributed by atoms with Gasteiger partial charge in [-0.2, -0.15) is 0 Å². The Morgan fingerprint density at radius 2 is 1.79 bits per heavy atom. The van der Waals surface area contributed by atoms with Gasteiger partial charge in [-0.05, 0) is 47.6 Å². The number of ketones is 2. The van der Waals surface area contributed by atoms with Crippen LogP contribution in [0.2, 0.25) is 0 Å². The third-order valence-corrected chi connectivity index (χ3v) is 9.86. The van der Waals surface area contributed by atoms with Crippen LogP contribution in [0.1, 0.15) is 75.0 Å². The maximum Gasteiger partial charge on any atom is 0.230 e. The number of carbonyl (C=O) groups excluding carboxylic acids is 4. The molecule has 0 heterocycles. The highest BCUT2D eigenvalue weighted by atomic mass is 16.4. The van der Waals surface area contributed by atoms with Crippen molar-refractivity contribution in [2.75, 3.05) is 0 Å². The SMILES string of the molecule is CCc1cc(CNC(C)=O)c(O)c2c1C[C@]1(C)C[C@]3(C)[C@@H](C(C)C)C(O)[C@@H](C(N)=O)C(=O)[C@]3(O)C(O)[C@H]1C2=O. The zero-order valence-electron chi connectivity index (χ0n) is 23.4. The Morgan fingerprint density at radius 3 is 2.31 bits per heavy atom. The zero-order chi connectivity index (χ0) is 29.4. The van der Waals surface area contributed by atoms with Gasteiger partial charge in [0, 0.05) is 24.4 Å². The van der Waals surface area contributed by atoms with E-state index in [0.717, 1.165) is 5.56 Å². The van der Waals surface area contributed by atoms with Crippen molar-refractivity contribution < 1.29 is 39.6 Å². The number of amides is 2. The molecule has 1 aromatic rings. The second-order valence-corrected chi connectivity index (χ2v) is 12.6. The van der Waals surface area contributed by atoms with E-state index >= 15 is 0 Å². The number of phenols is 1. The van der Waals surface area contributed by atoms with Crippen LogP contribution in [0.3, 0.4) is 0 Å². The summed E-state index contributed by atoms with van der Waals surface area (Å²) in [5, 5.41) is 49.0. The van der Waals surface area contributed by atoms with Crippen molar-refractivity contribution in [2.45, 2.75) is 85.2 Å². The lowest BCUT2D eigenvalue weighted by Gasteiger charge is -2.66. The number of fused-ring (bicyclic) bond motifs is 3. The van der Waals surface area contributed by atoms with Crippen molar-refractivity contribution in [3.63, 3.8) is 0 Å². The van der Waals surface area contributed by atoms with Gasteiger partial charge in [-0.3, -0.25) is 19.2 Å². The van der Waals surface area contributed by atoms with E-state index < -0.39 is 63.9 Å². The first kappa shape index (κ1) is 29.2. The van der Waals surface area contributed by atoms with E-state index in [0.29, 0.717) is 17.5 Å². The molecule has 1 aromatic carbocycles. The number of aliphatic hydroxyl groups is 3. The van der Waals surface area contributed by atoms with Crippen LogP contribution >= 0.6 is 0 Å². The molecule has 2 amide bonds. The summed E-state index contributed by atoms with van der Waals surface area (Å²) in [5.41, 5.74) is 2.41. The van der Waals surface area contributed by atoms with E-state index in [1.807, 2.05) is 13.8 Å². The average Bonchev–Trinajstić information content (AvgIpc) is 2.80. The van der Waals surface area contributed by atoms with Crippen molar-refractivity contribution in [2.24, 2.45) is 40.2 Å². The number of aliphatic hydroxyl groups excluding tert-OH is 2. The summed E-state index contributed by atoms with van der Waals surface area (Å²) in [6, 6.07) is 1.76. The Balaban J connectivity index is 1.94. The van der Waals surface area contributed by atoms with Crippen molar-refractivity contribution in [3.05, 3.63) is 28.3 Å². The number of phenolic OH excluding ortho intramolecular Hbond substituents is 1. The maximum atomic E-state index is 14.2. The summed E-state index contributed by atoms with van der Waals surface area (Å²) < 4.78 is 0. The van der Waals surface area contributed by atoms with Gasteiger partial charge in [0.1, 0.15) is 17.8 Å². The highest BCUT2D eigenvalue weighted by Crippen LogP contribution is 2.65. The number of hydrogen-bond donors (Lipinski definition) is 6. The predicted octanol–water partition coefficient (Wildman–Crippen LogP) is 0.771. The molecule has 214 valence electrons. The molecule has 0 radical (unpaired) electrons. The van der Waals surface area contributed by atoms with Crippen LogP contribution < -0.4 is 11.1 Å². The Bertz CT molecular complexity index is 1260. The smallest absolute Gasteiger partial charge is 0.230 e. The van der Waals surface area contributed by atoms with Crippen LogP contribution in [-0.4, -0.2) is 61.6 Å². The minimum absolute atomic E-state index is 0.00599. The molecule has 10 heteroatoms. The maximum absolute atomic E-state index is 14.2. The number of nitrogens with one attached hydrogen (secondary N) is 1. The zero-order valence-corrected chi connectivity index (χ0v) is 23.4. The number of carbonyl (C=O) groups is 4. The minimum Gasteiger partial charge on any atom is -0.507 e. The second-order valence-electron chi connectivity index (χ2n) is 12.6. The first-order valence-electron chi connectivity index (χ1n) is 13.5. The van der Waals surface area contributed by atoms with Crippen molar-refractivity contribution in [3.8, 4) is 5.75 Å². The van der Waals surface area contributed by atoms with E-state index in [-0.39, 0.29) is 42.5 Å². The predicted molar refractivity (Wildman–Crippen MR) is 140 cm³/mol. The third-order valence-electron chi connectivity index (χ3n) is 9.86. The topological polar surface area (TPSA) is 187 Å². The normalized spacial score (nSPS) is 37.6. The summed E-state index contributed by atoms with van der Waals surface area (Å²) in [5.74, 6) is -7.56. The third kappa shape index (κ3) is 3.86. The van der Waals surface area contributed by atoms with E-state index in [1.165, 1.54) is 6.92 Å². The summed E-state index contributed by atoms with van der Waals surface area (Å²) in [6.07, 6.45) is -2.48. The van der Waals surface area contributed by atoms with Gasteiger partial charge in [0.05, 0.1) is 17.6 Å². The van der Waals surface area contributed by atoms with E-state index in [2.05, 4.69) is 5.32 Å². The van der Waals surface area contributed by atoms with Gasteiger partial charge >= 0.3 is 0 Å². The number of hydrogen-bond acceptors (Lipinski definition) is 8. The lowest BCUT2D eigenvalue weighted by Crippen LogP contribution is -2.79. The molecule has 39 heavy (non-hydrogen) atoms. The molecule has 0 aliphatic heterocycles. The number of aryl methyl sites for hydroxylation is 1. The lowest BCUT2D eigenvalue weighted by atomic mass is 9.39. The molecule has 7 N–H and O–H groups in total. The molecule has 3 aliphatic carbocycles. The highest BCUT2D eigenvalue weighted by Gasteiger charge is 2.75. The van der Waals surface area contributed by atoms with Crippen LogP contribution in [0, 0.1) is 34.5 Å². The Morgan fingerprint density at radius 1 is 1.18 bits per heavy atom. The van der Waals surface area contributed by atoms with Gasteiger partial charge in [-0.25, -0.2) is 0 Å². The van der Waals surface area contributed by atoms with Crippen molar-refractivity contribution >= 4 is 23.4 Å². The van der Waals surface area contributed by atoms with Crippen molar-refractivity contribution in [1.29, 1.82) is 0 Å². The summed E-state index contributed by atoms with van der Waals surface area (Å²) in [6.45, 7) is 10.3. The number of benzene rings is 1. The van der Waals surface area contributed by atoms with Gasteiger partial charge < -0.3 is 31.5 Å². The Hall–Kier alpha value is -2.82. The van der Waals surface area contributed by atoms with Crippen LogP contribution in [0.15, 0.2) is 6.07 Å². The largest absolute Gasteiger partial charge is 0.507 e. The van der Waals surface area contributed by atoms with E-state index in [4.69, 9.17) is 5.73 Å². The Labute approximate surface area is 228 Å². The quantitative estimate of drug-likeness (QED) is 0.293. The molecule has 3 aliphatic rings. The summed E-state index contributed by atoms with van der Waals surface area (Å²) in [7, 11) is 0. The highest BCUT2D eigenvalue weighted by molar-refractivity contribution is 6.09. The summed E-state index contributed by atoms with van der Waals surface area (Å²) in [4.78, 5) is 51.8. The lowest BCUT2D eigenvalue weighted by molar-refractivity contribution is -0.265. The molecule has 0 saturated heterocycles. The molecule has 4 rings (SSSR count). The van der Waals surface area contributed by atoms with Crippen LogP contribution in [-0.2, 0) is 33.8 Å². The number of Topliss-reactive ketones (excluding diaryl/α,β-unsaturated/α-hetero) is 2. The first-order valence-corrected chi connectivity index (χ1v) is 13.5. The molecule has 2 saturated carbocycles. The molecule has 0 aromatic heterocycles. The fourth-order valence-electron chi connectivity index (χ4n) is 8.41. The number of aromatic hydroxyl groups is 1. The minimum atomic E-state index is -2.55. The molecule has 10 nitrogen and oxygen atoms in total. The Kier molecular flexibility index (Phi) is 7.02. The number of rotatable bonds is 5. The van der Waals surface area contributed by atoms with Gasteiger partial charge in [-0.1, -0.05) is 40.7 Å². The standard InChI is InChI=1S/C29H40N2O8/c1-7-14-8-15(10-31-13(4)32)21(33)17-16(14)9-27(5)11-28(6)19(12(2)3)23(35)18(26(30)38)24(36)29(28,39)25(37)20(27)22(17)34/h8,12,18-20,23,25,33,35,37,39H,7,9-11H2,1-6H3,(H2,30,38)(H,31,32)/t18-,19+,20-,23?,25?,27-,28-,29+/m1/s1. The summed E-state index contributed by atoms with van der Waals surface area (Å²) >= 11 is 0. The number of nitrogens with two attached hydrogens (primary N) is 1. The van der Waals surface area contributed by atoms with Gasteiger partial charge in [-0.15, -0.1) is 0 Å². The van der Waals surface area contributed by atoms with Crippen LogP contribution in [0.25, 0.3) is 0 Å². The second kappa shape index (κ2) is 9.38. The monoisotopic (exact) mass is 544 g/mol. The fourth-order valence-corrected chi connectivity index (χ4v) is 8.41. The average molecular weight is 545 g/mol.